The van der Waals surface area contributed by atoms with Crippen LogP contribution in [0.3, 0.4) is 0 Å². The summed E-state index contributed by atoms with van der Waals surface area (Å²) >= 11 is 9.32. The average Bonchev–Trinajstić information content (AvgIpc) is 3.02. The Morgan fingerprint density at radius 2 is 1.62 bits per heavy atom. The number of hydrogen-bond acceptors (Lipinski definition) is 3. The summed E-state index contributed by atoms with van der Waals surface area (Å²) in [5.41, 5.74) is 4.31. The number of carbonyl (C=O) groups is 2. The molecule has 29 heavy (non-hydrogen) atoms. The standard InChI is InChI=1S/C22H15BrClNO4/c23-12-9-17(21(26)27)20(19(24)10-12)25-22(28)29-11-18-15-7-3-1-5-13(15)14-6-2-4-8-16(14)18/h1-10,18H,11H2,(H,25,28)(H,26,27). The Bertz CT molecular complexity index is 1090. The van der Waals surface area contributed by atoms with Crippen LogP contribution in [0.2, 0.25) is 5.02 Å². The Balaban J connectivity index is 1.54. The van der Waals surface area contributed by atoms with Crippen LogP contribution in [-0.2, 0) is 4.74 Å². The maximum absolute atomic E-state index is 12.4. The van der Waals surface area contributed by atoms with Crippen LogP contribution in [0, 0.1) is 0 Å². The second-order valence-corrected chi connectivity index (χ2v) is 7.89. The lowest BCUT2D eigenvalue weighted by Gasteiger charge is -2.16. The molecule has 0 heterocycles. The Hall–Kier alpha value is -2.83. The van der Waals surface area contributed by atoms with E-state index in [-0.39, 0.29) is 28.8 Å². The third-order valence-electron chi connectivity index (χ3n) is 4.86. The van der Waals surface area contributed by atoms with Gasteiger partial charge < -0.3 is 9.84 Å². The highest BCUT2D eigenvalue weighted by atomic mass is 79.9. The molecule has 0 saturated heterocycles. The second kappa shape index (κ2) is 7.89. The van der Waals surface area contributed by atoms with E-state index in [0.717, 1.165) is 22.3 Å². The number of anilines is 1. The normalized spacial score (nSPS) is 12.2. The minimum Gasteiger partial charge on any atom is -0.478 e. The lowest BCUT2D eigenvalue weighted by molar-refractivity contribution is 0.0698. The Kier molecular flexibility index (Phi) is 5.30. The number of benzene rings is 3. The van der Waals surface area contributed by atoms with Crippen molar-refractivity contribution in [2.75, 3.05) is 11.9 Å². The Labute approximate surface area is 180 Å². The number of carboxylic acids is 1. The van der Waals surface area contributed by atoms with Gasteiger partial charge in [0.25, 0.3) is 0 Å². The van der Waals surface area contributed by atoms with Gasteiger partial charge >= 0.3 is 12.1 Å². The molecule has 5 nitrogen and oxygen atoms in total. The van der Waals surface area contributed by atoms with Crippen molar-refractivity contribution in [3.63, 3.8) is 0 Å². The molecule has 0 atom stereocenters. The van der Waals surface area contributed by atoms with E-state index >= 15 is 0 Å². The predicted molar refractivity (Wildman–Crippen MR) is 115 cm³/mol. The summed E-state index contributed by atoms with van der Waals surface area (Å²) in [6, 6.07) is 18.9. The molecule has 0 aliphatic heterocycles. The molecular formula is C22H15BrClNO4. The van der Waals surface area contributed by atoms with E-state index in [1.54, 1.807) is 0 Å². The van der Waals surface area contributed by atoms with Gasteiger partial charge in [-0.05, 0) is 34.4 Å². The number of aromatic carboxylic acids is 1. The summed E-state index contributed by atoms with van der Waals surface area (Å²) in [4.78, 5) is 23.9. The van der Waals surface area contributed by atoms with E-state index in [2.05, 4.69) is 33.4 Å². The fraction of sp³-hybridized carbons (Fsp3) is 0.0909. The molecule has 0 fully saturated rings. The molecule has 1 aliphatic carbocycles. The summed E-state index contributed by atoms with van der Waals surface area (Å²) in [6.07, 6.45) is -0.765. The highest BCUT2D eigenvalue weighted by molar-refractivity contribution is 9.10. The molecule has 0 saturated carbocycles. The van der Waals surface area contributed by atoms with Crippen molar-refractivity contribution in [3.05, 3.63) is 86.8 Å². The maximum atomic E-state index is 12.4. The Morgan fingerprint density at radius 3 is 2.21 bits per heavy atom. The summed E-state index contributed by atoms with van der Waals surface area (Å²) in [7, 11) is 0. The zero-order valence-corrected chi connectivity index (χ0v) is 17.3. The van der Waals surface area contributed by atoms with Gasteiger partial charge in [-0.25, -0.2) is 9.59 Å². The minimum absolute atomic E-state index is 0.000381. The molecule has 7 heteroatoms. The molecule has 146 valence electrons. The van der Waals surface area contributed by atoms with Crippen LogP contribution in [-0.4, -0.2) is 23.8 Å². The molecule has 3 aromatic carbocycles. The molecular weight excluding hydrogens is 458 g/mol. The van der Waals surface area contributed by atoms with Crippen molar-refractivity contribution >= 4 is 45.3 Å². The van der Waals surface area contributed by atoms with Gasteiger partial charge in [0.15, 0.2) is 0 Å². The van der Waals surface area contributed by atoms with Crippen molar-refractivity contribution in [2.45, 2.75) is 5.92 Å². The van der Waals surface area contributed by atoms with Crippen LogP contribution in [0.25, 0.3) is 11.1 Å². The molecule has 0 bridgehead atoms. The fourth-order valence-corrected chi connectivity index (χ4v) is 4.46. The molecule has 2 N–H and O–H groups in total. The van der Waals surface area contributed by atoms with Gasteiger partial charge in [0.05, 0.1) is 16.3 Å². The second-order valence-electron chi connectivity index (χ2n) is 6.57. The first-order valence-electron chi connectivity index (χ1n) is 8.80. The molecule has 0 radical (unpaired) electrons. The van der Waals surface area contributed by atoms with Crippen LogP contribution in [0.1, 0.15) is 27.4 Å². The van der Waals surface area contributed by atoms with Gasteiger partial charge in [-0.3, -0.25) is 5.32 Å². The van der Waals surface area contributed by atoms with Gasteiger partial charge in [-0.15, -0.1) is 0 Å². The molecule has 1 aliphatic rings. The zero-order chi connectivity index (χ0) is 20.5. The van der Waals surface area contributed by atoms with Crippen LogP contribution in [0.15, 0.2) is 65.1 Å². The topological polar surface area (TPSA) is 75.6 Å². The first-order chi connectivity index (χ1) is 14.0. The van der Waals surface area contributed by atoms with Crippen LogP contribution in [0.4, 0.5) is 10.5 Å². The number of ether oxygens (including phenoxy) is 1. The largest absolute Gasteiger partial charge is 0.478 e. The predicted octanol–water partition coefficient (Wildman–Crippen LogP) is 6.16. The lowest BCUT2D eigenvalue weighted by Crippen LogP contribution is -2.19. The van der Waals surface area contributed by atoms with Crippen molar-refractivity contribution in [1.29, 1.82) is 0 Å². The number of carboxylic acid groups (broad SMARTS) is 1. The summed E-state index contributed by atoms with van der Waals surface area (Å²) < 4.78 is 5.95. The highest BCUT2D eigenvalue weighted by Crippen LogP contribution is 2.44. The van der Waals surface area contributed by atoms with Crippen molar-refractivity contribution in [3.8, 4) is 11.1 Å². The Morgan fingerprint density at radius 1 is 1.03 bits per heavy atom. The number of rotatable bonds is 4. The van der Waals surface area contributed by atoms with Gasteiger partial charge in [0, 0.05) is 10.4 Å². The highest BCUT2D eigenvalue weighted by Gasteiger charge is 2.29. The zero-order valence-electron chi connectivity index (χ0n) is 15.0. The number of fused-ring (bicyclic) bond motifs is 3. The van der Waals surface area contributed by atoms with Crippen molar-refractivity contribution < 1.29 is 19.4 Å². The maximum Gasteiger partial charge on any atom is 0.411 e. The van der Waals surface area contributed by atoms with Crippen molar-refractivity contribution in [1.82, 2.24) is 0 Å². The third kappa shape index (κ3) is 3.73. The van der Waals surface area contributed by atoms with E-state index in [4.69, 9.17) is 16.3 Å². The van der Waals surface area contributed by atoms with Crippen LogP contribution < -0.4 is 5.32 Å². The van der Waals surface area contributed by atoms with Crippen molar-refractivity contribution in [2.24, 2.45) is 0 Å². The summed E-state index contributed by atoms with van der Waals surface area (Å²) in [5.74, 6) is -1.30. The molecule has 0 unspecified atom stereocenters. The van der Waals surface area contributed by atoms with Crippen LogP contribution in [0.5, 0.6) is 0 Å². The SMILES string of the molecule is O=C(Nc1c(Cl)cc(Br)cc1C(=O)O)OCC1c2ccccc2-c2ccccc21. The molecule has 0 aromatic heterocycles. The van der Waals surface area contributed by atoms with E-state index < -0.39 is 12.1 Å². The van der Waals surface area contributed by atoms with E-state index in [1.807, 2.05) is 36.4 Å². The molecule has 4 rings (SSSR count). The number of amides is 1. The first-order valence-corrected chi connectivity index (χ1v) is 9.97. The van der Waals surface area contributed by atoms with E-state index in [0.29, 0.717) is 4.47 Å². The molecule has 3 aromatic rings. The van der Waals surface area contributed by atoms with E-state index in [9.17, 15) is 14.7 Å². The molecule has 0 spiro atoms. The van der Waals surface area contributed by atoms with Gasteiger partial charge in [-0.1, -0.05) is 76.1 Å². The minimum atomic E-state index is -1.21. The quantitative estimate of drug-likeness (QED) is 0.477. The van der Waals surface area contributed by atoms with Crippen LogP contribution >= 0.6 is 27.5 Å². The van der Waals surface area contributed by atoms with Gasteiger partial charge in [0.2, 0.25) is 0 Å². The number of hydrogen-bond donors (Lipinski definition) is 2. The smallest absolute Gasteiger partial charge is 0.411 e. The monoisotopic (exact) mass is 471 g/mol. The summed E-state index contributed by atoms with van der Waals surface area (Å²) in [6.45, 7) is 0.121. The number of halogens is 2. The van der Waals surface area contributed by atoms with Gasteiger partial charge in [0.1, 0.15) is 6.61 Å². The number of carbonyl (C=O) groups excluding carboxylic acids is 1. The number of nitrogens with one attached hydrogen (secondary N) is 1. The lowest BCUT2D eigenvalue weighted by atomic mass is 9.98. The first kappa shape index (κ1) is 19.5. The average molecular weight is 473 g/mol. The summed E-state index contributed by atoms with van der Waals surface area (Å²) in [5, 5.41) is 11.9. The van der Waals surface area contributed by atoms with Gasteiger partial charge in [-0.2, -0.15) is 0 Å². The molecule has 1 amide bonds. The fourth-order valence-electron chi connectivity index (χ4n) is 3.61. The third-order valence-corrected chi connectivity index (χ3v) is 5.61. The van der Waals surface area contributed by atoms with E-state index in [1.165, 1.54) is 12.1 Å².